The van der Waals surface area contributed by atoms with Gasteiger partial charge < -0.3 is 5.32 Å². The van der Waals surface area contributed by atoms with Crippen LogP contribution in [0.5, 0.6) is 0 Å². The van der Waals surface area contributed by atoms with Crippen molar-refractivity contribution in [2.75, 3.05) is 12.4 Å². The van der Waals surface area contributed by atoms with Gasteiger partial charge in [0.2, 0.25) is 0 Å². The van der Waals surface area contributed by atoms with Crippen molar-refractivity contribution in [1.29, 1.82) is 0 Å². The van der Waals surface area contributed by atoms with Crippen LogP contribution in [0.25, 0.3) is 0 Å². The summed E-state index contributed by atoms with van der Waals surface area (Å²) in [4.78, 5) is 11.9. The number of carbonyl (C=O) groups is 1. The highest BCUT2D eigenvalue weighted by molar-refractivity contribution is 9.10. The average molecular weight is 351 g/mol. The summed E-state index contributed by atoms with van der Waals surface area (Å²) in [5.41, 5.74) is 0.448. The smallest absolute Gasteiger partial charge is 0.251 e. The second-order valence-electron chi connectivity index (χ2n) is 5.27. The second-order valence-corrected chi connectivity index (χ2v) is 6.50. The molecule has 19 heavy (non-hydrogen) atoms. The molecule has 1 amide bonds. The van der Waals surface area contributed by atoms with E-state index in [-0.39, 0.29) is 17.1 Å². The summed E-state index contributed by atoms with van der Waals surface area (Å²) in [5.74, 6) is 0.0566. The molecular formula is C14H18BrClFNO. The summed E-state index contributed by atoms with van der Waals surface area (Å²) in [5, 5.41) is 2.87. The summed E-state index contributed by atoms with van der Waals surface area (Å²) >= 11 is 8.74. The number of hydrogen-bond donors (Lipinski definition) is 1. The third-order valence-corrected chi connectivity index (χ3v) is 3.77. The van der Waals surface area contributed by atoms with Crippen LogP contribution in [0.2, 0.25) is 0 Å². The van der Waals surface area contributed by atoms with Gasteiger partial charge in [0.05, 0.1) is 4.47 Å². The van der Waals surface area contributed by atoms with E-state index in [0.717, 1.165) is 12.8 Å². The lowest BCUT2D eigenvalue weighted by Gasteiger charge is -2.24. The topological polar surface area (TPSA) is 29.1 Å². The zero-order chi connectivity index (χ0) is 14.5. The second kappa shape index (κ2) is 7.25. The van der Waals surface area contributed by atoms with E-state index in [4.69, 9.17) is 11.6 Å². The van der Waals surface area contributed by atoms with E-state index in [2.05, 4.69) is 35.1 Å². The van der Waals surface area contributed by atoms with Gasteiger partial charge >= 0.3 is 0 Å². The van der Waals surface area contributed by atoms with Crippen LogP contribution in [0, 0.1) is 11.2 Å². The highest BCUT2D eigenvalue weighted by Crippen LogP contribution is 2.22. The molecule has 0 radical (unpaired) electrons. The lowest BCUT2D eigenvalue weighted by atomic mass is 9.88. The predicted molar refractivity (Wildman–Crippen MR) is 80.2 cm³/mol. The Morgan fingerprint density at radius 1 is 1.47 bits per heavy atom. The van der Waals surface area contributed by atoms with Gasteiger partial charge in [-0.15, -0.1) is 11.6 Å². The van der Waals surface area contributed by atoms with E-state index in [1.165, 1.54) is 18.2 Å². The van der Waals surface area contributed by atoms with Crippen LogP contribution in [0.3, 0.4) is 0 Å². The van der Waals surface area contributed by atoms with Crippen molar-refractivity contribution in [3.63, 3.8) is 0 Å². The summed E-state index contributed by atoms with van der Waals surface area (Å²) < 4.78 is 13.4. The molecule has 5 heteroatoms. The molecule has 0 aromatic heterocycles. The maximum Gasteiger partial charge on any atom is 0.251 e. The van der Waals surface area contributed by atoms with Gasteiger partial charge in [0.25, 0.3) is 5.91 Å². The SMILES string of the molecule is CC(C)(CCCCl)CNC(=O)c1ccc(F)c(Br)c1. The van der Waals surface area contributed by atoms with Crippen LogP contribution in [-0.4, -0.2) is 18.3 Å². The molecule has 0 unspecified atom stereocenters. The molecule has 2 nitrogen and oxygen atoms in total. The number of amides is 1. The van der Waals surface area contributed by atoms with Crippen LogP contribution in [0.4, 0.5) is 4.39 Å². The number of carbonyl (C=O) groups excluding carboxylic acids is 1. The molecule has 0 bridgehead atoms. The van der Waals surface area contributed by atoms with Gasteiger partial charge in [-0.1, -0.05) is 13.8 Å². The minimum absolute atomic E-state index is 0.00180. The van der Waals surface area contributed by atoms with E-state index in [0.29, 0.717) is 22.5 Å². The van der Waals surface area contributed by atoms with Crippen LogP contribution in [0.15, 0.2) is 22.7 Å². The molecule has 0 fully saturated rings. The first kappa shape index (κ1) is 16.4. The number of hydrogen-bond acceptors (Lipinski definition) is 1. The van der Waals surface area contributed by atoms with Gasteiger partial charge in [0, 0.05) is 18.0 Å². The molecule has 0 heterocycles. The monoisotopic (exact) mass is 349 g/mol. The quantitative estimate of drug-likeness (QED) is 0.759. The fourth-order valence-electron chi connectivity index (χ4n) is 1.69. The maximum atomic E-state index is 13.1. The maximum absolute atomic E-state index is 13.1. The van der Waals surface area contributed by atoms with Gasteiger partial charge in [0.1, 0.15) is 5.82 Å². The van der Waals surface area contributed by atoms with Gasteiger partial charge in [-0.25, -0.2) is 4.39 Å². The van der Waals surface area contributed by atoms with Crippen molar-refractivity contribution in [3.8, 4) is 0 Å². The van der Waals surface area contributed by atoms with Crippen LogP contribution in [-0.2, 0) is 0 Å². The number of nitrogens with one attached hydrogen (secondary N) is 1. The van der Waals surface area contributed by atoms with Crippen molar-refractivity contribution < 1.29 is 9.18 Å². The molecule has 106 valence electrons. The molecule has 1 aromatic carbocycles. The zero-order valence-electron chi connectivity index (χ0n) is 11.1. The van der Waals surface area contributed by atoms with Crippen LogP contribution < -0.4 is 5.32 Å². The fourth-order valence-corrected chi connectivity index (χ4v) is 2.21. The molecule has 0 aliphatic carbocycles. The lowest BCUT2D eigenvalue weighted by Crippen LogP contribution is -2.34. The van der Waals surface area contributed by atoms with Crippen molar-refractivity contribution in [1.82, 2.24) is 5.32 Å². The first-order chi connectivity index (χ1) is 8.85. The average Bonchev–Trinajstić information content (AvgIpc) is 2.37. The summed E-state index contributed by atoms with van der Waals surface area (Å²) in [6.45, 7) is 4.73. The molecule has 0 saturated carbocycles. The van der Waals surface area contributed by atoms with Crippen LogP contribution >= 0.6 is 27.5 Å². The third kappa shape index (κ3) is 5.49. The Morgan fingerprint density at radius 2 is 2.16 bits per heavy atom. The zero-order valence-corrected chi connectivity index (χ0v) is 13.4. The Balaban J connectivity index is 2.57. The summed E-state index contributed by atoms with van der Waals surface area (Å²) in [6, 6.07) is 4.23. The standard InChI is InChI=1S/C14H18BrClFNO/c1-14(2,6-3-7-16)9-18-13(19)10-4-5-12(17)11(15)8-10/h4-5,8H,3,6-7,9H2,1-2H3,(H,18,19). The van der Waals surface area contributed by atoms with Crippen molar-refractivity contribution >= 4 is 33.4 Å². The van der Waals surface area contributed by atoms with E-state index in [9.17, 15) is 9.18 Å². The molecule has 0 saturated heterocycles. The molecule has 1 aromatic rings. The summed E-state index contributed by atoms with van der Waals surface area (Å²) in [7, 11) is 0. The Hall–Kier alpha value is -0.610. The van der Waals surface area contributed by atoms with E-state index in [1.54, 1.807) is 0 Å². The normalized spacial score (nSPS) is 11.4. The van der Waals surface area contributed by atoms with Gasteiger partial charge in [0.15, 0.2) is 0 Å². The van der Waals surface area contributed by atoms with E-state index in [1.807, 2.05) is 0 Å². The van der Waals surface area contributed by atoms with E-state index < -0.39 is 0 Å². The molecule has 0 spiro atoms. The molecule has 1 rings (SSSR count). The molecule has 0 atom stereocenters. The Morgan fingerprint density at radius 3 is 2.74 bits per heavy atom. The highest BCUT2D eigenvalue weighted by Gasteiger charge is 2.19. The highest BCUT2D eigenvalue weighted by atomic mass is 79.9. The van der Waals surface area contributed by atoms with Crippen molar-refractivity contribution in [2.45, 2.75) is 26.7 Å². The van der Waals surface area contributed by atoms with Crippen molar-refractivity contribution in [3.05, 3.63) is 34.1 Å². The van der Waals surface area contributed by atoms with Gasteiger partial charge in [-0.05, 0) is 52.4 Å². The number of halogens is 3. The number of rotatable bonds is 6. The molecule has 1 N–H and O–H groups in total. The third-order valence-electron chi connectivity index (χ3n) is 2.90. The largest absolute Gasteiger partial charge is 0.352 e. The van der Waals surface area contributed by atoms with Crippen LogP contribution in [0.1, 0.15) is 37.0 Å². The summed E-state index contributed by atoms with van der Waals surface area (Å²) in [6.07, 6.45) is 1.87. The first-order valence-corrected chi connectivity index (χ1v) is 7.48. The molecular weight excluding hydrogens is 333 g/mol. The van der Waals surface area contributed by atoms with E-state index >= 15 is 0 Å². The van der Waals surface area contributed by atoms with Crippen molar-refractivity contribution in [2.24, 2.45) is 5.41 Å². The minimum Gasteiger partial charge on any atom is -0.352 e. The number of alkyl halides is 1. The number of benzene rings is 1. The van der Waals surface area contributed by atoms with Gasteiger partial charge in [-0.3, -0.25) is 4.79 Å². The van der Waals surface area contributed by atoms with Gasteiger partial charge in [-0.2, -0.15) is 0 Å². The predicted octanol–water partition coefficient (Wildman–Crippen LogP) is 4.36. The lowest BCUT2D eigenvalue weighted by molar-refractivity contribution is 0.0934. The molecule has 0 aliphatic heterocycles. The Kier molecular flexibility index (Phi) is 6.27. The Bertz CT molecular complexity index is 451. The minimum atomic E-state index is -0.376. The fraction of sp³-hybridized carbons (Fsp3) is 0.500. The first-order valence-electron chi connectivity index (χ1n) is 6.15. The Labute approximate surface area is 126 Å². The molecule has 0 aliphatic rings.